The summed E-state index contributed by atoms with van der Waals surface area (Å²) < 4.78 is 0. The van der Waals surface area contributed by atoms with Crippen LogP contribution in [0, 0.1) is 0 Å². The molecule has 2 rings (SSSR count). The van der Waals surface area contributed by atoms with Crippen LogP contribution in [-0.4, -0.2) is 15.9 Å². The minimum atomic E-state index is -0.377. The Morgan fingerprint density at radius 2 is 2.17 bits per heavy atom. The Morgan fingerprint density at radius 3 is 2.89 bits per heavy atom. The molecule has 0 bridgehead atoms. The molecule has 0 atom stereocenters. The summed E-state index contributed by atoms with van der Waals surface area (Å²) in [6.45, 7) is 0.312. The van der Waals surface area contributed by atoms with Gasteiger partial charge in [-0.05, 0) is 24.3 Å². The second kappa shape index (κ2) is 5.46. The van der Waals surface area contributed by atoms with Crippen molar-refractivity contribution in [3.63, 3.8) is 0 Å². The van der Waals surface area contributed by atoms with Crippen molar-refractivity contribution in [2.45, 2.75) is 6.54 Å². The number of pyridine rings is 2. The van der Waals surface area contributed by atoms with Gasteiger partial charge in [-0.2, -0.15) is 0 Å². The second-order valence-electron chi connectivity index (χ2n) is 3.57. The van der Waals surface area contributed by atoms with E-state index in [9.17, 15) is 4.79 Å². The molecule has 6 heteroatoms. The number of halogens is 1. The van der Waals surface area contributed by atoms with Crippen LogP contribution < -0.4 is 11.1 Å². The Morgan fingerprint density at radius 1 is 1.33 bits per heavy atom. The Labute approximate surface area is 109 Å². The lowest BCUT2D eigenvalue weighted by Gasteiger charge is -2.06. The smallest absolute Gasteiger partial charge is 0.271 e. The average Bonchev–Trinajstić information content (AvgIpc) is 2.40. The summed E-state index contributed by atoms with van der Waals surface area (Å²) in [4.78, 5) is 19.8. The summed E-state index contributed by atoms with van der Waals surface area (Å²) in [5.74, 6) is -0.125. The molecule has 1 amide bonds. The van der Waals surface area contributed by atoms with E-state index in [2.05, 4.69) is 15.3 Å². The molecular weight excluding hydrogens is 252 g/mol. The van der Waals surface area contributed by atoms with E-state index in [-0.39, 0.29) is 22.4 Å². The number of hydrogen-bond acceptors (Lipinski definition) is 4. The molecule has 18 heavy (non-hydrogen) atoms. The topological polar surface area (TPSA) is 80.9 Å². The highest BCUT2D eigenvalue weighted by molar-refractivity contribution is 6.33. The van der Waals surface area contributed by atoms with Gasteiger partial charge in [0.05, 0.1) is 17.3 Å². The second-order valence-corrected chi connectivity index (χ2v) is 3.98. The molecule has 0 saturated heterocycles. The molecule has 92 valence electrons. The van der Waals surface area contributed by atoms with Crippen LogP contribution in [-0.2, 0) is 6.54 Å². The van der Waals surface area contributed by atoms with Crippen LogP contribution in [0.25, 0.3) is 0 Å². The summed E-state index contributed by atoms with van der Waals surface area (Å²) in [6, 6.07) is 8.55. The number of aromatic nitrogens is 2. The van der Waals surface area contributed by atoms with E-state index < -0.39 is 0 Å². The van der Waals surface area contributed by atoms with E-state index in [0.717, 1.165) is 5.69 Å². The highest BCUT2D eigenvalue weighted by Gasteiger charge is 2.12. The van der Waals surface area contributed by atoms with Gasteiger partial charge < -0.3 is 11.1 Å². The van der Waals surface area contributed by atoms with E-state index in [4.69, 9.17) is 17.3 Å². The highest BCUT2D eigenvalue weighted by Crippen LogP contribution is 2.15. The van der Waals surface area contributed by atoms with Crippen LogP contribution in [0.1, 0.15) is 16.2 Å². The monoisotopic (exact) mass is 262 g/mol. The number of nitrogen functional groups attached to an aromatic ring is 1. The maximum atomic E-state index is 11.8. The third kappa shape index (κ3) is 2.95. The Balaban J connectivity index is 2.06. The molecule has 0 fully saturated rings. The number of anilines is 1. The summed E-state index contributed by atoms with van der Waals surface area (Å²) in [7, 11) is 0. The number of carbonyl (C=O) groups excluding carboxylic acids is 1. The summed E-state index contributed by atoms with van der Waals surface area (Å²) in [6.07, 6.45) is 1.66. The first-order valence-electron chi connectivity index (χ1n) is 5.27. The number of amides is 1. The van der Waals surface area contributed by atoms with Crippen molar-refractivity contribution in [1.29, 1.82) is 0 Å². The normalized spacial score (nSPS) is 10.1. The fourth-order valence-corrected chi connectivity index (χ4v) is 1.56. The van der Waals surface area contributed by atoms with Gasteiger partial charge in [-0.25, -0.2) is 4.98 Å². The Kier molecular flexibility index (Phi) is 3.74. The van der Waals surface area contributed by atoms with Gasteiger partial charge in [0.25, 0.3) is 5.91 Å². The highest BCUT2D eigenvalue weighted by atomic mass is 35.5. The lowest BCUT2D eigenvalue weighted by molar-refractivity contribution is 0.0945. The number of rotatable bonds is 3. The zero-order valence-electron chi connectivity index (χ0n) is 9.43. The quantitative estimate of drug-likeness (QED) is 0.881. The maximum Gasteiger partial charge on any atom is 0.271 e. The number of nitrogens with one attached hydrogen (secondary N) is 1. The molecule has 0 unspecified atom stereocenters. The third-order valence-electron chi connectivity index (χ3n) is 2.24. The van der Waals surface area contributed by atoms with Crippen LogP contribution >= 0.6 is 11.6 Å². The molecule has 0 saturated carbocycles. The van der Waals surface area contributed by atoms with Crippen molar-refractivity contribution >= 4 is 23.3 Å². The molecular formula is C12H11ClN4O. The summed E-state index contributed by atoms with van der Waals surface area (Å²) in [5, 5.41) is 2.95. The fourth-order valence-electron chi connectivity index (χ4n) is 1.37. The van der Waals surface area contributed by atoms with E-state index in [1.165, 1.54) is 6.07 Å². The first-order chi connectivity index (χ1) is 8.66. The van der Waals surface area contributed by atoms with Gasteiger partial charge in [-0.1, -0.05) is 17.7 Å². The first kappa shape index (κ1) is 12.3. The Bertz CT molecular complexity index is 559. The molecule has 0 aromatic carbocycles. The van der Waals surface area contributed by atoms with E-state index in [1.54, 1.807) is 12.3 Å². The largest absolute Gasteiger partial charge is 0.384 e. The SMILES string of the molecule is Nc1ccc(Cl)c(C(=O)NCc2ccccn2)n1. The molecule has 0 radical (unpaired) electrons. The van der Waals surface area contributed by atoms with Crippen LogP contribution in [0.5, 0.6) is 0 Å². The zero-order valence-corrected chi connectivity index (χ0v) is 10.2. The van der Waals surface area contributed by atoms with Crippen molar-refractivity contribution in [3.05, 3.63) is 52.9 Å². The van der Waals surface area contributed by atoms with Gasteiger partial charge in [-0.15, -0.1) is 0 Å². The molecule has 2 heterocycles. The van der Waals surface area contributed by atoms with E-state index in [0.29, 0.717) is 6.54 Å². The maximum absolute atomic E-state index is 11.8. The van der Waals surface area contributed by atoms with E-state index >= 15 is 0 Å². The lowest BCUT2D eigenvalue weighted by Crippen LogP contribution is -2.24. The van der Waals surface area contributed by atoms with Crippen molar-refractivity contribution in [2.24, 2.45) is 0 Å². The van der Waals surface area contributed by atoms with Crippen molar-refractivity contribution in [2.75, 3.05) is 5.73 Å². The molecule has 2 aromatic rings. The first-order valence-corrected chi connectivity index (χ1v) is 5.65. The van der Waals surface area contributed by atoms with Crippen LogP contribution in [0.15, 0.2) is 36.5 Å². The lowest BCUT2D eigenvalue weighted by atomic mass is 10.3. The van der Waals surface area contributed by atoms with Crippen molar-refractivity contribution < 1.29 is 4.79 Å². The molecule has 0 aliphatic carbocycles. The Hall–Kier alpha value is -2.14. The number of hydrogen-bond donors (Lipinski definition) is 2. The van der Waals surface area contributed by atoms with E-state index in [1.807, 2.05) is 18.2 Å². The number of nitrogens with zero attached hydrogens (tertiary/aromatic N) is 2. The molecule has 0 spiro atoms. The van der Waals surface area contributed by atoms with Crippen LogP contribution in [0.4, 0.5) is 5.82 Å². The molecule has 0 aliphatic heterocycles. The fraction of sp³-hybridized carbons (Fsp3) is 0.0833. The molecule has 3 N–H and O–H groups in total. The third-order valence-corrected chi connectivity index (χ3v) is 2.54. The van der Waals surface area contributed by atoms with Crippen LogP contribution in [0.3, 0.4) is 0 Å². The molecule has 0 aliphatic rings. The van der Waals surface area contributed by atoms with Crippen molar-refractivity contribution in [1.82, 2.24) is 15.3 Å². The minimum absolute atomic E-state index is 0.118. The van der Waals surface area contributed by atoms with Gasteiger partial charge in [0, 0.05) is 6.20 Å². The summed E-state index contributed by atoms with van der Waals surface area (Å²) >= 11 is 5.88. The van der Waals surface area contributed by atoms with Gasteiger partial charge in [-0.3, -0.25) is 9.78 Å². The van der Waals surface area contributed by atoms with Gasteiger partial charge in [0.15, 0.2) is 0 Å². The van der Waals surface area contributed by atoms with Gasteiger partial charge in [0.1, 0.15) is 11.5 Å². The number of carbonyl (C=O) groups is 1. The molecule has 5 nitrogen and oxygen atoms in total. The average molecular weight is 263 g/mol. The van der Waals surface area contributed by atoms with Gasteiger partial charge in [0.2, 0.25) is 0 Å². The molecule has 2 aromatic heterocycles. The standard InChI is InChI=1S/C12H11ClN4O/c13-9-4-5-10(14)17-11(9)12(18)16-7-8-3-1-2-6-15-8/h1-6H,7H2,(H2,14,17)(H,16,18). The van der Waals surface area contributed by atoms with Gasteiger partial charge >= 0.3 is 0 Å². The number of nitrogens with two attached hydrogens (primary N) is 1. The predicted octanol–water partition coefficient (Wildman–Crippen LogP) is 1.64. The predicted molar refractivity (Wildman–Crippen MR) is 69.1 cm³/mol. The summed E-state index contributed by atoms with van der Waals surface area (Å²) in [5.41, 5.74) is 6.38. The zero-order chi connectivity index (χ0) is 13.0. The minimum Gasteiger partial charge on any atom is -0.384 e. The van der Waals surface area contributed by atoms with Crippen LogP contribution in [0.2, 0.25) is 5.02 Å². The van der Waals surface area contributed by atoms with Crippen molar-refractivity contribution in [3.8, 4) is 0 Å².